The summed E-state index contributed by atoms with van der Waals surface area (Å²) in [6.07, 6.45) is 1.78. The van der Waals surface area contributed by atoms with Crippen molar-refractivity contribution in [1.82, 2.24) is 10.1 Å². The molecule has 0 aliphatic carbocycles. The average molecular weight is 323 g/mol. The molecular weight excluding hydrogens is 302 g/mol. The molecule has 5 heteroatoms. The number of anilines is 1. The van der Waals surface area contributed by atoms with Crippen LogP contribution in [-0.4, -0.2) is 17.3 Å². The van der Waals surface area contributed by atoms with Crippen molar-refractivity contribution in [2.75, 3.05) is 12.4 Å². The van der Waals surface area contributed by atoms with Crippen LogP contribution >= 0.6 is 0 Å². The molecule has 1 N–H and O–H groups in total. The first-order valence-electron chi connectivity index (χ1n) is 7.85. The normalized spacial score (nSPS) is 10.7. The van der Waals surface area contributed by atoms with Gasteiger partial charge in [-0.15, -0.1) is 0 Å². The van der Waals surface area contributed by atoms with E-state index in [0.29, 0.717) is 12.4 Å². The van der Waals surface area contributed by atoms with Crippen molar-refractivity contribution < 1.29 is 9.26 Å². The van der Waals surface area contributed by atoms with Crippen LogP contribution in [0.2, 0.25) is 0 Å². The molecule has 0 unspecified atom stereocenters. The van der Waals surface area contributed by atoms with E-state index in [1.807, 2.05) is 19.9 Å². The maximum absolute atomic E-state index is 5.38. The highest BCUT2D eigenvalue weighted by molar-refractivity contribution is 5.72. The highest BCUT2D eigenvalue weighted by Gasteiger charge is 2.14. The minimum atomic E-state index is 0.568. The second-order valence-electron chi connectivity index (χ2n) is 5.82. The lowest BCUT2D eigenvalue weighted by Gasteiger charge is -2.12. The maximum Gasteiger partial charge on any atom is 0.237 e. The van der Waals surface area contributed by atoms with Gasteiger partial charge in [0, 0.05) is 23.9 Å². The van der Waals surface area contributed by atoms with Crippen LogP contribution in [0.5, 0.6) is 5.88 Å². The van der Waals surface area contributed by atoms with Gasteiger partial charge in [0.1, 0.15) is 5.76 Å². The Morgan fingerprint density at radius 1 is 1.17 bits per heavy atom. The van der Waals surface area contributed by atoms with E-state index in [-0.39, 0.29) is 0 Å². The molecule has 3 aromatic rings. The summed E-state index contributed by atoms with van der Waals surface area (Å²) >= 11 is 0. The summed E-state index contributed by atoms with van der Waals surface area (Å²) in [6, 6.07) is 10.4. The summed E-state index contributed by atoms with van der Waals surface area (Å²) in [5, 5.41) is 7.42. The molecule has 0 bridgehead atoms. The molecule has 2 heterocycles. The van der Waals surface area contributed by atoms with E-state index in [1.54, 1.807) is 13.3 Å². The maximum atomic E-state index is 5.38. The standard InChI is InChI=1S/C19H21N3O2/c1-12-6-5-7-15(8-12)10-20-17-9-16(11-21-19(17)23-4)18-13(2)22-24-14(18)3/h5-9,11,20H,10H2,1-4H3. The molecule has 1 aromatic carbocycles. The molecule has 0 atom stereocenters. The number of nitrogens with zero attached hydrogens (tertiary/aromatic N) is 2. The highest BCUT2D eigenvalue weighted by Crippen LogP contribution is 2.32. The van der Waals surface area contributed by atoms with Crippen LogP contribution in [0.15, 0.2) is 41.1 Å². The number of aromatic nitrogens is 2. The van der Waals surface area contributed by atoms with Gasteiger partial charge in [-0.05, 0) is 32.4 Å². The fraction of sp³-hybridized carbons (Fsp3) is 0.263. The number of rotatable bonds is 5. The first-order valence-corrected chi connectivity index (χ1v) is 7.85. The Morgan fingerprint density at radius 3 is 2.67 bits per heavy atom. The van der Waals surface area contributed by atoms with E-state index < -0.39 is 0 Å². The summed E-state index contributed by atoms with van der Waals surface area (Å²) < 4.78 is 10.6. The lowest BCUT2D eigenvalue weighted by molar-refractivity contribution is 0.393. The lowest BCUT2D eigenvalue weighted by Crippen LogP contribution is -2.03. The van der Waals surface area contributed by atoms with Crippen LogP contribution in [0.25, 0.3) is 11.1 Å². The Bertz CT molecular complexity index is 836. The number of nitrogens with one attached hydrogen (secondary N) is 1. The van der Waals surface area contributed by atoms with Crippen molar-refractivity contribution in [1.29, 1.82) is 0 Å². The van der Waals surface area contributed by atoms with Gasteiger partial charge in [-0.1, -0.05) is 35.0 Å². The zero-order chi connectivity index (χ0) is 17.1. The molecule has 0 radical (unpaired) electrons. The fourth-order valence-corrected chi connectivity index (χ4v) is 2.79. The quantitative estimate of drug-likeness (QED) is 0.759. The van der Waals surface area contributed by atoms with Crippen LogP contribution < -0.4 is 10.1 Å². The first-order chi connectivity index (χ1) is 11.6. The monoisotopic (exact) mass is 323 g/mol. The van der Waals surface area contributed by atoms with E-state index in [9.17, 15) is 0 Å². The third-order valence-corrected chi connectivity index (χ3v) is 3.93. The van der Waals surface area contributed by atoms with Gasteiger partial charge in [0.25, 0.3) is 0 Å². The van der Waals surface area contributed by atoms with Crippen LogP contribution in [0.1, 0.15) is 22.6 Å². The Kier molecular flexibility index (Phi) is 4.51. The van der Waals surface area contributed by atoms with Gasteiger partial charge in [0.05, 0.1) is 18.5 Å². The van der Waals surface area contributed by atoms with E-state index in [0.717, 1.165) is 28.3 Å². The number of methoxy groups -OCH3 is 1. The van der Waals surface area contributed by atoms with Gasteiger partial charge in [0.15, 0.2) is 0 Å². The molecule has 24 heavy (non-hydrogen) atoms. The molecule has 0 aliphatic rings. The molecule has 5 nitrogen and oxygen atoms in total. The predicted octanol–water partition coefficient (Wildman–Crippen LogP) is 4.28. The van der Waals surface area contributed by atoms with Crippen molar-refractivity contribution >= 4 is 5.69 Å². The SMILES string of the molecule is COc1ncc(-c2c(C)noc2C)cc1NCc1cccc(C)c1. The van der Waals surface area contributed by atoms with Crippen molar-refractivity contribution in [3.05, 3.63) is 59.1 Å². The molecular formula is C19H21N3O2. The van der Waals surface area contributed by atoms with Gasteiger partial charge in [0.2, 0.25) is 5.88 Å². The molecule has 0 amide bonds. The van der Waals surface area contributed by atoms with Crippen molar-refractivity contribution in [3.8, 4) is 17.0 Å². The molecule has 3 rings (SSSR count). The summed E-state index contributed by atoms with van der Waals surface area (Å²) in [6.45, 7) is 6.61. The molecule has 124 valence electrons. The second kappa shape index (κ2) is 6.74. The second-order valence-corrected chi connectivity index (χ2v) is 5.82. The number of pyridine rings is 1. The third kappa shape index (κ3) is 3.25. The van der Waals surface area contributed by atoms with E-state index in [1.165, 1.54) is 11.1 Å². The molecule has 0 spiro atoms. The van der Waals surface area contributed by atoms with E-state index in [4.69, 9.17) is 9.26 Å². The van der Waals surface area contributed by atoms with Gasteiger partial charge >= 0.3 is 0 Å². The van der Waals surface area contributed by atoms with Crippen molar-refractivity contribution in [2.24, 2.45) is 0 Å². The van der Waals surface area contributed by atoms with Crippen LogP contribution in [0, 0.1) is 20.8 Å². The number of aryl methyl sites for hydroxylation is 3. The van der Waals surface area contributed by atoms with E-state index in [2.05, 4.69) is 46.6 Å². The minimum Gasteiger partial charge on any atom is -0.480 e. The topological polar surface area (TPSA) is 60.2 Å². The van der Waals surface area contributed by atoms with Gasteiger partial charge in [-0.3, -0.25) is 0 Å². The summed E-state index contributed by atoms with van der Waals surface area (Å²) in [4.78, 5) is 4.41. The van der Waals surface area contributed by atoms with Crippen LogP contribution in [-0.2, 0) is 6.54 Å². The Balaban J connectivity index is 1.90. The Labute approximate surface area is 141 Å². The summed E-state index contributed by atoms with van der Waals surface area (Å²) in [5.74, 6) is 1.35. The molecule has 0 aliphatic heterocycles. The molecule has 0 fully saturated rings. The zero-order valence-corrected chi connectivity index (χ0v) is 14.4. The van der Waals surface area contributed by atoms with Gasteiger partial charge in [-0.25, -0.2) is 4.98 Å². The third-order valence-electron chi connectivity index (χ3n) is 3.93. The summed E-state index contributed by atoms with van der Waals surface area (Å²) in [7, 11) is 1.62. The van der Waals surface area contributed by atoms with Crippen molar-refractivity contribution in [3.63, 3.8) is 0 Å². The van der Waals surface area contributed by atoms with E-state index >= 15 is 0 Å². The smallest absolute Gasteiger partial charge is 0.237 e. The lowest BCUT2D eigenvalue weighted by atomic mass is 10.1. The first kappa shape index (κ1) is 16.1. The number of ether oxygens (including phenoxy) is 1. The van der Waals surface area contributed by atoms with Gasteiger partial charge < -0.3 is 14.6 Å². The van der Waals surface area contributed by atoms with Crippen LogP contribution in [0.3, 0.4) is 0 Å². The largest absolute Gasteiger partial charge is 0.480 e. The fourth-order valence-electron chi connectivity index (χ4n) is 2.79. The molecule has 0 saturated carbocycles. The number of hydrogen-bond donors (Lipinski definition) is 1. The number of benzene rings is 1. The molecule has 2 aromatic heterocycles. The van der Waals surface area contributed by atoms with Gasteiger partial charge in [-0.2, -0.15) is 0 Å². The minimum absolute atomic E-state index is 0.568. The molecule has 0 saturated heterocycles. The Morgan fingerprint density at radius 2 is 2.00 bits per heavy atom. The average Bonchev–Trinajstić information content (AvgIpc) is 2.91. The van der Waals surface area contributed by atoms with Crippen LogP contribution in [0.4, 0.5) is 5.69 Å². The summed E-state index contributed by atoms with van der Waals surface area (Å²) in [5.41, 5.74) is 6.08. The highest BCUT2D eigenvalue weighted by atomic mass is 16.5. The van der Waals surface area contributed by atoms with Crippen molar-refractivity contribution in [2.45, 2.75) is 27.3 Å². The predicted molar refractivity (Wildman–Crippen MR) is 94.3 cm³/mol. The number of hydrogen-bond acceptors (Lipinski definition) is 5. The Hall–Kier alpha value is -2.82. The zero-order valence-electron chi connectivity index (χ0n) is 14.4.